The maximum Gasteiger partial charge on any atom is 0.289 e. The van der Waals surface area contributed by atoms with E-state index in [4.69, 9.17) is 17.3 Å². The first-order valence-electron chi connectivity index (χ1n) is 5.44. The summed E-state index contributed by atoms with van der Waals surface area (Å²) in [5.74, 6) is -0.240. The van der Waals surface area contributed by atoms with E-state index in [1.165, 1.54) is 36.5 Å². The van der Waals surface area contributed by atoms with Crippen LogP contribution in [0.4, 0.5) is 17.2 Å². The number of nitro groups is 1. The summed E-state index contributed by atoms with van der Waals surface area (Å²) in [7, 11) is 0. The number of carbonyl (C=O) groups is 1. The van der Waals surface area contributed by atoms with Gasteiger partial charge in [-0.05, 0) is 24.3 Å². The van der Waals surface area contributed by atoms with Crippen LogP contribution < -0.4 is 11.1 Å². The van der Waals surface area contributed by atoms with Crippen LogP contribution in [0.3, 0.4) is 0 Å². The summed E-state index contributed by atoms with van der Waals surface area (Å²) >= 11 is 5.69. The molecule has 7 nitrogen and oxygen atoms in total. The molecule has 1 heterocycles. The van der Waals surface area contributed by atoms with E-state index in [0.717, 1.165) is 0 Å². The number of hydrogen-bond acceptors (Lipinski definition) is 5. The molecule has 2 rings (SSSR count). The van der Waals surface area contributed by atoms with Crippen LogP contribution in [0.1, 0.15) is 10.4 Å². The first-order valence-corrected chi connectivity index (χ1v) is 5.82. The summed E-state index contributed by atoms with van der Waals surface area (Å²) in [6.45, 7) is 0. The Hall–Kier alpha value is -2.67. The molecule has 0 saturated heterocycles. The van der Waals surface area contributed by atoms with Crippen LogP contribution in [0.25, 0.3) is 0 Å². The Labute approximate surface area is 118 Å². The minimum absolute atomic E-state index is 0.00107. The second-order valence-corrected chi connectivity index (χ2v) is 4.25. The number of amides is 1. The van der Waals surface area contributed by atoms with Crippen LogP contribution in [0.5, 0.6) is 0 Å². The van der Waals surface area contributed by atoms with Crippen LogP contribution in [0, 0.1) is 10.1 Å². The van der Waals surface area contributed by atoms with Crippen molar-refractivity contribution in [1.29, 1.82) is 0 Å². The van der Waals surface area contributed by atoms with Gasteiger partial charge in [-0.3, -0.25) is 14.9 Å². The number of hydrogen-bond donors (Lipinski definition) is 2. The van der Waals surface area contributed by atoms with Gasteiger partial charge in [0.25, 0.3) is 11.6 Å². The highest BCUT2D eigenvalue weighted by Gasteiger charge is 2.14. The van der Waals surface area contributed by atoms with E-state index in [9.17, 15) is 14.9 Å². The number of anilines is 2. The van der Waals surface area contributed by atoms with E-state index in [1.807, 2.05) is 0 Å². The van der Waals surface area contributed by atoms with Crippen molar-refractivity contribution in [3.05, 3.63) is 57.2 Å². The van der Waals surface area contributed by atoms with Gasteiger partial charge in [0.15, 0.2) is 0 Å². The Morgan fingerprint density at radius 2 is 2.10 bits per heavy atom. The fourth-order valence-corrected chi connectivity index (χ4v) is 1.71. The van der Waals surface area contributed by atoms with Gasteiger partial charge >= 0.3 is 0 Å². The molecular weight excluding hydrogens is 284 g/mol. The number of nitrogens with two attached hydrogens (primary N) is 1. The van der Waals surface area contributed by atoms with Crippen LogP contribution in [-0.2, 0) is 0 Å². The van der Waals surface area contributed by atoms with E-state index in [2.05, 4.69) is 10.3 Å². The number of nitrogen functional groups attached to an aromatic ring is 1. The van der Waals surface area contributed by atoms with Gasteiger partial charge < -0.3 is 11.1 Å². The summed E-state index contributed by atoms with van der Waals surface area (Å²) in [4.78, 5) is 25.8. The molecule has 0 aliphatic rings. The number of pyridine rings is 1. The van der Waals surface area contributed by atoms with Crippen molar-refractivity contribution in [1.82, 2.24) is 4.98 Å². The lowest BCUT2D eigenvalue weighted by Crippen LogP contribution is -2.12. The number of halogens is 1. The molecule has 0 saturated carbocycles. The van der Waals surface area contributed by atoms with Crippen molar-refractivity contribution in [2.24, 2.45) is 0 Å². The van der Waals surface area contributed by atoms with Gasteiger partial charge in [0.1, 0.15) is 10.8 Å². The maximum absolute atomic E-state index is 11.9. The number of rotatable bonds is 3. The molecule has 0 aliphatic carbocycles. The third kappa shape index (κ3) is 3.01. The largest absolute Gasteiger partial charge is 0.384 e. The van der Waals surface area contributed by atoms with Crippen LogP contribution in [0.15, 0.2) is 36.5 Å². The Morgan fingerprint density at radius 1 is 1.35 bits per heavy atom. The molecule has 0 atom stereocenters. The van der Waals surface area contributed by atoms with Gasteiger partial charge in [0.2, 0.25) is 0 Å². The molecule has 1 amide bonds. The van der Waals surface area contributed by atoms with Crippen molar-refractivity contribution < 1.29 is 9.72 Å². The Bertz CT molecular complexity index is 690. The zero-order valence-corrected chi connectivity index (χ0v) is 10.8. The lowest BCUT2D eigenvalue weighted by Gasteiger charge is -2.06. The molecule has 3 N–H and O–H groups in total. The normalized spacial score (nSPS) is 10.1. The Balaban J connectivity index is 2.24. The van der Waals surface area contributed by atoms with Crippen molar-refractivity contribution in [2.75, 3.05) is 11.1 Å². The fraction of sp³-hybridized carbons (Fsp3) is 0. The van der Waals surface area contributed by atoms with Crippen LogP contribution in [0.2, 0.25) is 5.02 Å². The van der Waals surface area contributed by atoms with Crippen molar-refractivity contribution in [3.63, 3.8) is 0 Å². The molecule has 0 radical (unpaired) electrons. The SMILES string of the molecule is Nc1cc(C(=O)Nc2ccc(Cl)c([N+](=O)[O-])c2)ccn1. The zero-order chi connectivity index (χ0) is 14.7. The van der Waals surface area contributed by atoms with E-state index in [1.54, 1.807) is 0 Å². The molecule has 0 bridgehead atoms. The molecule has 20 heavy (non-hydrogen) atoms. The number of nitrogens with zero attached hydrogens (tertiary/aromatic N) is 2. The summed E-state index contributed by atoms with van der Waals surface area (Å²) in [6.07, 6.45) is 1.40. The molecule has 0 unspecified atom stereocenters. The van der Waals surface area contributed by atoms with Crippen molar-refractivity contribution in [3.8, 4) is 0 Å². The van der Waals surface area contributed by atoms with Gasteiger partial charge in [-0.1, -0.05) is 11.6 Å². The average Bonchev–Trinajstić information content (AvgIpc) is 2.40. The van der Waals surface area contributed by atoms with Gasteiger partial charge in [-0.25, -0.2) is 4.98 Å². The molecule has 1 aromatic carbocycles. The number of nitro benzene ring substituents is 1. The highest BCUT2D eigenvalue weighted by Crippen LogP contribution is 2.27. The second kappa shape index (κ2) is 5.54. The molecule has 8 heteroatoms. The standard InChI is InChI=1S/C12H9ClN4O3/c13-9-2-1-8(6-10(9)17(19)20)16-12(18)7-3-4-15-11(14)5-7/h1-6H,(H2,14,15)(H,16,18). The van der Waals surface area contributed by atoms with Gasteiger partial charge in [0.05, 0.1) is 4.92 Å². The number of aromatic nitrogens is 1. The number of benzene rings is 1. The maximum atomic E-state index is 11.9. The molecular formula is C12H9ClN4O3. The number of carbonyl (C=O) groups excluding carboxylic acids is 1. The highest BCUT2D eigenvalue weighted by atomic mass is 35.5. The molecule has 102 valence electrons. The monoisotopic (exact) mass is 292 g/mol. The third-order valence-electron chi connectivity index (χ3n) is 2.44. The highest BCUT2D eigenvalue weighted by molar-refractivity contribution is 6.32. The van der Waals surface area contributed by atoms with Gasteiger partial charge in [-0.2, -0.15) is 0 Å². The van der Waals surface area contributed by atoms with E-state index < -0.39 is 10.8 Å². The molecule has 0 spiro atoms. The van der Waals surface area contributed by atoms with Crippen molar-refractivity contribution in [2.45, 2.75) is 0 Å². The van der Waals surface area contributed by atoms with Gasteiger partial charge in [0, 0.05) is 23.5 Å². The summed E-state index contributed by atoms with van der Waals surface area (Å²) in [5, 5.41) is 13.3. The average molecular weight is 293 g/mol. The zero-order valence-electron chi connectivity index (χ0n) is 10.0. The quantitative estimate of drug-likeness (QED) is 0.667. The first kappa shape index (κ1) is 13.8. The minimum atomic E-state index is -0.623. The summed E-state index contributed by atoms with van der Waals surface area (Å²) in [6, 6.07) is 6.88. The van der Waals surface area contributed by atoms with E-state index in [0.29, 0.717) is 5.56 Å². The predicted molar refractivity (Wildman–Crippen MR) is 74.7 cm³/mol. The Morgan fingerprint density at radius 3 is 2.75 bits per heavy atom. The predicted octanol–water partition coefficient (Wildman–Crippen LogP) is 2.48. The lowest BCUT2D eigenvalue weighted by molar-refractivity contribution is -0.384. The first-order chi connectivity index (χ1) is 9.47. The van der Waals surface area contributed by atoms with Crippen molar-refractivity contribution >= 4 is 34.7 Å². The fourth-order valence-electron chi connectivity index (χ4n) is 1.52. The van der Waals surface area contributed by atoms with Crippen LogP contribution in [-0.4, -0.2) is 15.8 Å². The Kier molecular flexibility index (Phi) is 3.81. The van der Waals surface area contributed by atoms with Gasteiger partial charge in [-0.15, -0.1) is 0 Å². The molecule has 0 fully saturated rings. The summed E-state index contributed by atoms with van der Waals surface area (Å²) < 4.78 is 0. The summed E-state index contributed by atoms with van der Waals surface area (Å²) in [5.41, 5.74) is 5.76. The lowest BCUT2D eigenvalue weighted by atomic mass is 10.2. The second-order valence-electron chi connectivity index (χ2n) is 3.85. The molecule has 1 aromatic heterocycles. The third-order valence-corrected chi connectivity index (χ3v) is 2.76. The number of nitrogens with one attached hydrogen (secondary N) is 1. The molecule has 0 aliphatic heterocycles. The van der Waals surface area contributed by atoms with E-state index >= 15 is 0 Å². The minimum Gasteiger partial charge on any atom is -0.384 e. The van der Waals surface area contributed by atoms with Crippen LogP contribution >= 0.6 is 11.6 Å². The smallest absolute Gasteiger partial charge is 0.289 e. The van der Waals surface area contributed by atoms with E-state index in [-0.39, 0.29) is 22.2 Å². The topological polar surface area (TPSA) is 111 Å². The molecule has 2 aromatic rings.